The van der Waals surface area contributed by atoms with Crippen LogP contribution >= 0.6 is 11.8 Å². The normalized spacial score (nSPS) is 10.6. The van der Waals surface area contributed by atoms with Crippen LogP contribution in [0.1, 0.15) is 11.1 Å². The molecular weight excluding hydrogens is 444 g/mol. The summed E-state index contributed by atoms with van der Waals surface area (Å²) in [6.07, 6.45) is 1.80. The summed E-state index contributed by atoms with van der Waals surface area (Å²) in [6.45, 7) is 6.95. The third kappa shape index (κ3) is 5.94. The lowest BCUT2D eigenvalue weighted by Crippen LogP contribution is -2.14. The van der Waals surface area contributed by atoms with E-state index in [1.807, 2.05) is 90.4 Å². The topological polar surface area (TPSA) is 69.0 Å². The van der Waals surface area contributed by atoms with Gasteiger partial charge in [-0.15, -0.1) is 16.8 Å². The molecule has 0 unspecified atom stereocenters. The van der Waals surface area contributed by atoms with Crippen LogP contribution in [0.5, 0.6) is 5.75 Å². The van der Waals surface area contributed by atoms with Crippen molar-refractivity contribution in [2.45, 2.75) is 25.2 Å². The van der Waals surface area contributed by atoms with E-state index in [1.54, 1.807) is 6.08 Å². The average Bonchev–Trinajstić information content (AvgIpc) is 3.26. The SMILES string of the molecule is C=CCn1c(SCC(=O)Nc2ccc(OCc3ccccc3)cc2)nnc1-c1ccccc1C. The number of ether oxygens (including phenoxy) is 1. The van der Waals surface area contributed by atoms with E-state index in [9.17, 15) is 4.79 Å². The van der Waals surface area contributed by atoms with E-state index < -0.39 is 0 Å². The summed E-state index contributed by atoms with van der Waals surface area (Å²) < 4.78 is 7.78. The number of carbonyl (C=O) groups is 1. The first-order valence-corrected chi connectivity index (χ1v) is 11.9. The van der Waals surface area contributed by atoms with Gasteiger partial charge in [-0.3, -0.25) is 9.36 Å². The molecule has 6 nitrogen and oxygen atoms in total. The first kappa shape index (κ1) is 23.3. The van der Waals surface area contributed by atoms with Crippen LogP contribution in [0, 0.1) is 6.92 Å². The number of hydrogen-bond donors (Lipinski definition) is 1. The third-order valence-corrected chi connectivity index (χ3v) is 6.10. The van der Waals surface area contributed by atoms with Crippen LogP contribution in [0.2, 0.25) is 0 Å². The molecular formula is C27H26N4O2S. The molecule has 1 heterocycles. The van der Waals surface area contributed by atoms with Crippen molar-refractivity contribution >= 4 is 23.4 Å². The maximum Gasteiger partial charge on any atom is 0.234 e. The molecule has 0 aliphatic rings. The fraction of sp³-hybridized carbons (Fsp3) is 0.148. The Hall–Kier alpha value is -3.84. The van der Waals surface area contributed by atoms with Gasteiger partial charge < -0.3 is 10.1 Å². The number of nitrogens with zero attached hydrogens (tertiary/aromatic N) is 3. The lowest BCUT2D eigenvalue weighted by molar-refractivity contribution is -0.113. The molecule has 0 atom stereocenters. The average molecular weight is 471 g/mol. The Kier molecular flexibility index (Phi) is 7.78. The predicted octanol–water partition coefficient (Wildman–Crippen LogP) is 5.75. The Bertz CT molecular complexity index is 1250. The van der Waals surface area contributed by atoms with Gasteiger partial charge in [0.05, 0.1) is 5.75 Å². The second-order valence-corrected chi connectivity index (χ2v) is 8.60. The standard InChI is InChI=1S/C27H26N4O2S/c1-3-17-31-26(24-12-8-7-9-20(24)2)29-30-27(31)34-19-25(32)28-22-13-15-23(16-14-22)33-18-21-10-5-4-6-11-21/h3-16H,1,17-19H2,2H3,(H,28,32). The van der Waals surface area contributed by atoms with Gasteiger partial charge in [0.2, 0.25) is 5.91 Å². The molecule has 0 saturated heterocycles. The number of nitrogens with one attached hydrogen (secondary N) is 1. The van der Waals surface area contributed by atoms with Gasteiger partial charge in [0.15, 0.2) is 11.0 Å². The number of allylic oxidation sites excluding steroid dienone is 1. The smallest absolute Gasteiger partial charge is 0.234 e. The van der Waals surface area contributed by atoms with Crippen molar-refractivity contribution in [2.75, 3.05) is 11.1 Å². The molecule has 34 heavy (non-hydrogen) atoms. The molecule has 4 rings (SSSR count). The Morgan fingerprint density at radius 2 is 1.76 bits per heavy atom. The number of aromatic nitrogens is 3. The number of carbonyl (C=O) groups excluding carboxylic acids is 1. The Morgan fingerprint density at radius 3 is 2.50 bits per heavy atom. The zero-order valence-corrected chi connectivity index (χ0v) is 19.8. The quantitative estimate of drug-likeness (QED) is 0.236. The van der Waals surface area contributed by atoms with Crippen LogP contribution in [0.3, 0.4) is 0 Å². The summed E-state index contributed by atoms with van der Waals surface area (Å²) in [5.74, 6) is 1.62. The van der Waals surface area contributed by atoms with Crippen LogP contribution in [0.15, 0.2) is 96.7 Å². The molecule has 172 valence electrons. The molecule has 0 radical (unpaired) electrons. The molecule has 1 N–H and O–H groups in total. The highest BCUT2D eigenvalue weighted by Crippen LogP contribution is 2.26. The fourth-order valence-corrected chi connectivity index (χ4v) is 4.16. The zero-order chi connectivity index (χ0) is 23.8. The summed E-state index contributed by atoms with van der Waals surface area (Å²) in [4.78, 5) is 12.5. The van der Waals surface area contributed by atoms with E-state index >= 15 is 0 Å². The minimum atomic E-state index is -0.117. The summed E-state index contributed by atoms with van der Waals surface area (Å²) >= 11 is 1.35. The van der Waals surface area contributed by atoms with Gasteiger partial charge in [0.25, 0.3) is 0 Å². The molecule has 0 saturated carbocycles. The van der Waals surface area contributed by atoms with E-state index in [0.29, 0.717) is 24.0 Å². The van der Waals surface area contributed by atoms with Gasteiger partial charge >= 0.3 is 0 Å². The zero-order valence-electron chi connectivity index (χ0n) is 19.0. The van der Waals surface area contributed by atoms with Crippen LogP contribution in [0.4, 0.5) is 5.69 Å². The van der Waals surface area contributed by atoms with E-state index in [-0.39, 0.29) is 11.7 Å². The van der Waals surface area contributed by atoms with Crippen LogP contribution in [-0.2, 0) is 17.9 Å². The van der Waals surface area contributed by atoms with Gasteiger partial charge in [-0.1, -0.05) is 72.4 Å². The van der Waals surface area contributed by atoms with Gasteiger partial charge in [-0.25, -0.2) is 0 Å². The van der Waals surface area contributed by atoms with Crippen LogP contribution in [-0.4, -0.2) is 26.4 Å². The first-order chi connectivity index (χ1) is 16.6. The molecule has 4 aromatic rings. The number of thioether (sulfide) groups is 1. The van der Waals surface area contributed by atoms with Gasteiger partial charge in [0.1, 0.15) is 12.4 Å². The maximum atomic E-state index is 12.5. The number of benzene rings is 3. The highest BCUT2D eigenvalue weighted by Gasteiger charge is 2.16. The van der Waals surface area contributed by atoms with Gasteiger partial charge in [-0.2, -0.15) is 0 Å². The highest BCUT2D eigenvalue weighted by molar-refractivity contribution is 7.99. The molecule has 0 spiro atoms. The lowest BCUT2D eigenvalue weighted by Gasteiger charge is -2.10. The maximum absolute atomic E-state index is 12.5. The summed E-state index contributed by atoms with van der Waals surface area (Å²) in [5.41, 5.74) is 3.95. The molecule has 0 aliphatic heterocycles. The molecule has 0 aliphatic carbocycles. The molecule has 3 aromatic carbocycles. The predicted molar refractivity (Wildman–Crippen MR) is 137 cm³/mol. The molecule has 7 heteroatoms. The molecule has 0 bridgehead atoms. The van der Waals surface area contributed by atoms with Gasteiger partial charge in [0, 0.05) is 17.8 Å². The molecule has 0 fully saturated rings. The number of aryl methyl sites for hydroxylation is 1. The Labute approximate surface area is 203 Å². The summed E-state index contributed by atoms with van der Waals surface area (Å²) in [6, 6.07) is 25.4. The third-order valence-electron chi connectivity index (χ3n) is 5.13. The van der Waals surface area contributed by atoms with Crippen molar-refractivity contribution in [3.05, 3.63) is 103 Å². The number of rotatable bonds is 10. The van der Waals surface area contributed by atoms with Crippen LogP contribution in [0.25, 0.3) is 11.4 Å². The van der Waals surface area contributed by atoms with E-state index in [1.165, 1.54) is 11.8 Å². The number of amides is 1. The molecule has 1 amide bonds. The second-order valence-electron chi connectivity index (χ2n) is 7.66. The van der Waals surface area contributed by atoms with Crippen molar-refractivity contribution < 1.29 is 9.53 Å². The van der Waals surface area contributed by atoms with E-state index in [0.717, 1.165) is 28.3 Å². The lowest BCUT2D eigenvalue weighted by atomic mass is 10.1. The Morgan fingerprint density at radius 1 is 1.03 bits per heavy atom. The first-order valence-electron chi connectivity index (χ1n) is 10.9. The summed E-state index contributed by atoms with van der Waals surface area (Å²) in [7, 11) is 0. The van der Waals surface area contributed by atoms with Crippen molar-refractivity contribution in [1.29, 1.82) is 0 Å². The number of hydrogen-bond acceptors (Lipinski definition) is 5. The van der Waals surface area contributed by atoms with E-state index in [4.69, 9.17) is 4.74 Å². The number of anilines is 1. The van der Waals surface area contributed by atoms with E-state index in [2.05, 4.69) is 22.1 Å². The molecule has 1 aromatic heterocycles. The monoisotopic (exact) mass is 470 g/mol. The van der Waals surface area contributed by atoms with Gasteiger partial charge in [-0.05, 0) is 42.3 Å². The minimum absolute atomic E-state index is 0.117. The largest absolute Gasteiger partial charge is 0.489 e. The fourth-order valence-electron chi connectivity index (χ4n) is 3.41. The highest BCUT2D eigenvalue weighted by atomic mass is 32.2. The second kappa shape index (κ2) is 11.3. The summed E-state index contributed by atoms with van der Waals surface area (Å²) in [5, 5.41) is 12.3. The van der Waals surface area contributed by atoms with Crippen molar-refractivity contribution in [1.82, 2.24) is 14.8 Å². The van der Waals surface area contributed by atoms with Crippen LogP contribution < -0.4 is 10.1 Å². The van der Waals surface area contributed by atoms with Crippen molar-refractivity contribution in [3.8, 4) is 17.1 Å². The minimum Gasteiger partial charge on any atom is -0.489 e. The van der Waals surface area contributed by atoms with Crippen molar-refractivity contribution in [3.63, 3.8) is 0 Å². The Balaban J connectivity index is 1.34. The van der Waals surface area contributed by atoms with Crippen molar-refractivity contribution in [2.24, 2.45) is 0 Å².